The lowest BCUT2D eigenvalue weighted by Gasteiger charge is -2.32. The fourth-order valence-corrected chi connectivity index (χ4v) is 2.97. The van der Waals surface area contributed by atoms with Gasteiger partial charge in [-0.2, -0.15) is 0 Å². The normalized spacial score (nSPS) is 26.0. The minimum Gasteiger partial charge on any atom is -0.490 e. The van der Waals surface area contributed by atoms with Gasteiger partial charge in [-0.1, -0.05) is 18.6 Å². The molecule has 2 fully saturated rings. The fraction of sp³-hybridized carbons (Fsp3) is 0.647. The summed E-state index contributed by atoms with van der Waals surface area (Å²) in [4.78, 5) is 0. The minimum absolute atomic E-state index is 0.424. The second-order valence-corrected chi connectivity index (χ2v) is 6.47. The second-order valence-electron chi connectivity index (χ2n) is 6.47. The highest BCUT2D eigenvalue weighted by Crippen LogP contribution is 2.31. The maximum Gasteiger partial charge on any atom is 0.119 e. The third-order valence-corrected chi connectivity index (χ3v) is 4.36. The first-order valence-electron chi connectivity index (χ1n) is 7.86. The summed E-state index contributed by atoms with van der Waals surface area (Å²) in [6.45, 7) is 2.99. The van der Waals surface area contributed by atoms with Crippen LogP contribution in [0, 0.1) is 0 Å². The van der Waals surface area contributed by atoms with E-state index in [-0.39, 0.29) is 0 Å². The van der Waals surface area contributed by atoms with Gasteiger partial charge in [0.1, 0.15) is 5.75 Å². The molecule has 1 aromatic rings. The van der Waals surface area contributed by atoms with E-state index in [9.17, 15) is 5.11 Å². The molecule has 0 bridgehead atoms. The van der Waals surface area contributed by atoms with Gasteiger partial charge in [-0.25, -0.2) is 0 Å². The summed E-state index contributed by atoms with van der Waals surface area (Å²) in [7, 11) is 0. The van der Waals surface area contributed by atoms with E-state index >= 15 is 0 Å². The summed E-state index contributed by atoms with van der Waals surface area (Å²) in [5.41, 5.74) is 0.209. The van der Waals surface area contributed by atoms with E-state index in [1.165, 1.54) is 32.1 Å². The average Bonchev–Trinajstić information content (AvgIpc) is 3.24. The largest absolute Gasteiger partial charge is 0.490 e. The molecule has 0 radical (unpaired) electrons. The average molecular weight is 275 g/mol. The van der Waals surface area contributed by atoms with E-state index in [0.717, 1.165) is 24.3 Å². The molecule has 0 aromatic heterocycles. The van der Waals surface area contributed by atoms with E-state index in [4.69, 9.17) is 4.74 Å². The first-order valence-corrected chi connectivity index (χ1v) is 7.86. The second kappa shape index (κ2) is 5.74. The van der Waals surface area contributed by atoms with Crippen LogP contribution in [0.15, 0.2) is 24.3 Å². The number of hydrogen-bond donors (Lipinski definition) is 2. The van der Waals surface area contributed by atoms with Crippen molar-refractivity contribution in [1.29, 1.82) is 0 Å². The van der Waals surface area contributed by atoms with Crippen molar-refractivity contribution < 1.29 is 9.84 Å². The van der Waals surface area contributed by atoms with Crippen LogP contribution in [0.3, 0.4) is 0 Å². The van der Waals surface area contributed by atoms with Crippen molar-refractivity contribution in [1.82, 2.24) is 5.32 Å². The van der Waals surface area contributed by atoms with Crippen molar-refractivity contribution in [3.63, 3.8) is 0 Å². The van der Waals surface area contributed by atoms with Crippen LogP contribution in [-0.2, 0) is 5.60 Å². The van der Waals surface area contributed by atoms with Crippen LogP contribution in [0.2, 0.25) is 0 Å². The predicted octanol–water partition coefficient (Wildman–Crippen LogP) is 2.97. The van der Waals surface area contributed by atoms with Crippen LogP contribution >= 0.6 is 0 Å². The van der Waals surface area contributed by atoms with Gasteiger partial charge in [0.25, 0.3) is 0 Å². The van der Waals surface area contributed by atoms with Crippen LogP contribution in [0.25, 0.3) is 0 Å². The Balaban J connectivity index is 1.62. The number of piperidine rings is 1. The SMILES string of the molecule is CC(O)(CC1CCCCN1)c1ccc(OC2CC2)cc1. The van der Waals surface area contributed by atoms with E-state index in [0.29, 0.717) is 12.1 Å². The Hall–Kier alpha value is -1.06. The Labute approximate surface area is 121 Å². The van der Waals surface area contributed by atoms with Crippen LogP contribution in [0.1, 0.15) is 51.0 Å². The fourth-order valence-electron chi connectivity index (χ4n) is 2.97. The molecule has 3 heteroatoms. The molecule has 0 amide bonds. The summed E-state index contributed by atoms with van der Waals surface area (Å²) < 4.78 is 5.75. The van der Waals surface area contributed by atoms with E-state index in [1.54, 1.807) is 0 Å². The van der Waals surface area contributed by atoms with Crippen LogP contribution < -0.4 is 10.1 Å². The minimum atomic E-state index is -0.771. The third kappa shape index (κ3) is 3.53. The molecular weight excluding hydrogens is 250 g/mol. The number of nitrogens with one attached hydrogen (secondary N) is 1. The number of rotatable bonds is 5. The molecule has 3 rings (SSSR count). The Bertz CT molecular complexity index is 431. The smallest absolute Gasteiger partial charge is 0.119 e. The van der Waals surface area contributed by atoms with Gasteiger partial charge in [-0.05, 0) is 63.3 Å². The molecule has 3 nitrogen and oxygen atoms in total. The third-order valence-electron chi connectivity index (χ3n) is 4.36. The zero-order valence-electron chi connectivity index (χ0n) is 12.3. The number of ether oxygens (including phenoxy) is 1. The molecule has 2 aliphatic rings. The van der Waals surface area contributed by atoms with Gasteiger partial charge in [-0.15, -0.1) is 0 Å². The van der Waals surface area contributed by atoms with Crippen LogP contribution in [0.5, 0.6) is 5.75 Å². The molecule has 1 aliphatic heterocycles. The first kappa shape index (κ1) is 13.9. The highest BCUT2D eigenvalue weighted by atomic mass is 16.5. The quantitative estimate of drug-likeness (QED) is 0.868. The summed E-state index contributed by atoms with van der Waals surface area (Å²) in [5.74, 6) is 0.919. The van der Waals surface area contributed by atoms with Crippen molar-refractivity contribution in [2.24, 2.45) is 0 Å². The van der Waals surface area contributed by atoms with Crippen LogP contribution in [-0.4, -0.2) is 23.8 Å². The van der Waals surface area contributed by atoms with Crippen molar-refractivity contribution in [2.75, 3.05) is 6.54 Å². The van der Waals surface area contributed by atoms with Crippen molar-refractivity contribution in [2.45, 2.75) is 63.2 Å². The molecule has 1 heterocycles. The topological polar surface area (TPSA) is 41.5 Å². The van der Waals surface area contributed by atoms with Gasteiger partial charge in [0.15, 0.2) is 0 Å². The molecule has 2 N–H and O–H groups in total. The van der Waals surface area contributed by atoms with Gasteiger partial charge in [-0.3, -0.25) is 0 Å². The van der Waals surface area contributed by atoms with Crippen molar-refractivity contribution in [3.05, 3.63) is 29.8 Å². The van der Waals surface area contributed by atoms with Gasteiger partial charge in [0.2, 0.25) is 0 Å². The van der Waals surface area contributed by atoms with Gasteiger partial charge >= 0.3 is 0 Å². The molecule has 1 saturated heterocycles. The van der Waals surface area contributed by atoms with Crippen LogP contribution in [0.4, 0.5) is 0 Å². The molecule has 2 unspecified atom stereocenters. The lowest BCUT2D eigenvalue weighted by molar-refractivity contribution is 0.0332. The summed E-state index contributed by atoms with van der Waals surface area (Å²) in [6.07, 6.45) is 7.23. The molecule has 1 aromatic carbocycles. The Morgan fingerprint density at radius 2 is 1.95 bits per heavy atom. The lowest BCUT2D eigenvalue weighted by atomic mass is 9.86. The molecule has 0 spiro atoms. The number of benzene rings is 1. The predicted molar refractivity (Wildman–Crippen MR) is 79.9 cm³/mol. The Kier molecular flexibility index (Phi) is 3.99. The van der Waals surface area contributed by atoms with Gasteiger partial charge in [0, 0.05) is 6.04 Å². The van der Waals surface area contributed by atoms with Crippen molar-refractivity contribution >= 4 is 0 Å². The first-order chi connectivity index (χ1) is 9.63. The zero-order valence-corrected chi connectivity index (χ0v) is 12.3. The van der Waals surface area contributed by atoms with Crippen molar-refractivity contribution in [3.8, 4) is 5.75 Å². The summed E-state index contributed by atoms with van der Waals surface area (Å²) in [6, 6.07) is 8.40. The Morgan fingerprint density at radius 3 is 2.55 bits per heavy atom. The van der Waals surface area contributed by atoms with E-state index in [2.05, 4.69) is 5.32 Å². The van der Waals surface area contributed by atoms with E-state index in [1.807, 2.05) is 31.2 Å². The van der Waals surface area contributed by atoms with Gasteiger partial charge in [0.05, 0.1) is 11.7 Å². The molecule has 1 aliphatic carbocycles. The zero-order chi connectivity index (χ0) is 14.0. The van der Waals surface area contributed by atoms with Gasteiger partial charge < -0.3 is 15.2 Å². The monoisotopic (exact) mass is 275 g/mol. The highest BCUT2D eigenvalue weighted by Gasteiger charge is 2.28. The Morgan fingerprint density at radius 1 is 1.20 bits per heavy atom. The summed E-state index contributed by atoms with van der Waals surface area (Å²) in [5, 5.41) is 14.2. The molecule has 1 saturated carbocycles. The maximum atomic E-state index is 10.7. The molecule has 2 atom stereocenters. The molecule has 110 valence electrons. The highest BCUT2D eigenvalue weighted by molar-refractivity contribution is 5.31. The summed E-state index contributed by atoms with van der Waals surface area (Å²) >= 11 is 0. The standard InChI is InChI=1S/C17H25NO2/c1-17(19,12-14-4-2-3-11-18-14)13-5-7-15(8-6-13)20-16-9-10-16/h5-8,14,16,18-19H,2-4,9-12H2,1H3. The molecule has 20 heavy (non-hydrogen) atoms. The number of hydrogen-bond acceptors (Lipinski definition) is 3. The maximum absolute atomic E-state index is 10.7. The lowest BCUT2D eigenvalue weighted by Crippen LogP contribution is -2.39. The van der Waals surface area contributed by atoms with E-state index < -0.39 is 5.60 Å². The molecular formula is C17H25NO2. The number of aliphatic hydroxyl groups is 1.